The molecule has 0 fully saturated rings. The van der Waals surface area contributed by atoms with Crippen LogP contribution in [0.4, 0.5) is 0 Å². The van der Waals surface area contributed by atoms with Crippen LogP contribution in [0.1, 0.15) is 25.8 Å². The molecule has 0 saturated heterocycles. The highest BCUT2D eigenvalue weighted by Crippen LogP contribution is 2.06. The van der Waals surface area contributed by atoms with E-state index in [0.717, 1.165) is 5.56 Å². The Hall–Kier alpha value is -1.11. The second kappa shape index (κ2) is 8.94. The largest absolute Gasteiger partial charge is 0.350 e. The van der Waals surface area contributed by atoms with E-state index in [1.54, 1.807) is 0 Å². The summed E-state index contributed by atoms with van der Waals surface area (Å²) in [6.07, 6.45) is 0.642. The van der Waals surface area contributed by atoms with E-state index < -0.39 is 6.04 Å². The van der Waals surface area contributed by atoms with E-state index >= 15 is 0 Å². The minimum atomic E-state index is -0.457. The molecule has 0 bridgehead atoms. The summed E-state index contributed by atoms with van der Waals surface area (Å²) in [4.78, 5) is 23.7. The van der Waals surface area contributed by atoms with Crippen LogP contribution in [0, 0.1) is 5.92 Å². The smallest absolute Gasteiger partial charge is 0.242 e. The van der Waals surface area contributed by atoms with Crippen molar-refractivity contribution in [1.29, 1.82) is 0 Å². The molecule has 1 aromatic carbocycles. The zero-order chi connectivity index (χ0) is 15.0. The lowest BCUT2D eigenvalue weighted by atomic mass is 10.0. The van der Waals surface area contributed by atoms with Gasteiger partial charge in [-0.15, -0.1) is 0 Å². The predicted molar refractivity (Wildman–Crippen MR) is 88.6 cm³/mol. The number of alkyl halides is 1. The van der Waals surface area contributed by atoms with Crippen LogP contribution in [0.2, 0.25) is 0 Å². The van der Waals surface area contributed by atoms with Crippen LogP contribution in [-0.4, -0.2) is 22.3 Å². The van der Waals surface area contributed by atoms with Crippen molar-refractivity contribution in [2.75, 3.05) is 4.43 Å². The number of carbonyl (C=O) groups is 2. The molecule has 0 radical (unpaired) electrons. The average molecular weight is 388 g/mol. The average Bonchev–Trinajstić information content (AvgIpc) is 2.44. The van der Waals surface area contributed by atoms with Gasteiger partial charge in [-0.1, -0.05) is 66.8 Å². The SMILES string of the molecule is CC(C)C[C@H](NC(=O)CI)C(=O)NCc1ccccc1. The molecule has 0 saturated carbocycles. The first-order chi connectivity index (χ1) is 9.52. The Morgan fingerprint density at radius 3 is 2.40 bits per heavy atom. The minimum Gasteiger partial charge on any atom is -0.350 e. The summed E-state index contributed by atoms with van der Waals surface area (Å²) >= 11 is 1.99. The third-order valence-corrected chi connectivity index (χ3v) is 3.48. The lowest BCUT2D eigenvalue weighted by Crippen LogP contribution is -2.47. The summed E-state index contributed by atoms with van der Waals surface area (Å²) in [5.74, 6) is 0.115. The van der Waals surface area contributed by atoms with Crippen molar-refractivity contribution < 1.29 is 9.59 Å². The Bertz CT molecular complexity index is 435. The van der Waals surface area contributed by atoms with Gasteiger partial charge in [-0.25, -0.2) is 0 Å². The highest BCUT2D eigenvalue weighted by molar-refractivity contribution is 14.1. The highest BCUT2D eigenvalue weighted by Gasteiger charge is 2.21. The van der Waals surface area contributed by atoms with Crippen LogP contribution in [-0.2, 0) is 16.1 Å². The summed E-state index contributed by atoms with van der Waals surface area (Å²) in [5, 5.41) is 5.65. The van der Waals surface area contributed by atoms with E-state index in [-0.39, 0.29) is 11.8 Å². The second-order valence-electron chi connectivity index (χ2n) is 5.09. The molecule has 1 atom stereocenters. The summed E-state index contributed by atoms with van der Waals surface area (Å²) in [6, 6.07) is 9.27. The van der Waals surface area contributed by atoms with Gasteiger partial charge in [0.15, 0.2) is 0 Å². The molecule has 5 heteroatoms. The number of rotatable bonds is 7. The molecule has 0 spiro atoms. The highest BCUT2D eigenvalue weighted by atomic mass is 127. The van der Waals surface area contributed by atoms with E-state index in [2.05, 4.69) is 10.6 Å². The third kappa shape index (κ3) is 6.36. The molecule has 0 heterocycles. The summed E-state index contributed by atoms with van der Waals surface area (Å²) < 4.78 is 0.359. The van der Waals surface area contributed by atoms with Crippen molar-refractivity contribution in [3.8, 4) is 0 Å². The molecule has 0 aliphatic carbocycles. The van der Waals surface area contributed by atoms with Crippen molar-refractivity contribution in [3.63, 3.8) is 0 Å². The first kappa shape index (κ1) is 16.9. The molecule has 1 aromatic rings. The molecule has 0 aliphatic rings. The van der Waals surface area contributed by atoms with E-state index in [1.165, 1.54) is 0 Å². The van der Waals surface area contributed by atoms with Crippen molar-refractivity contribution in [2.45, 2.75) is 32.9 Å². The first-order valence-corrected chi connectivity index (χ1v) is 8.22. The molecule has 110 valence electrons. The number of carbonyl (C=O) groups excluding carboxylic acids is 2. The van der Waals surface area contributed by atoms with Gasteiger partial charge in [0, 0.05) is 6.54 Å². The lowest BCUT2D eigenvalue weighted by Gasteiger charge is -2.19. The van der Waals surface area contributed by atoms with Crippen LogP contribution in [0.3, 0.4) is 0 Å². The standard InChI is InChI=1S/C15H21IN2O2/c1-11(2)8-13(18-14(19)9-16)15(20)17-10-12-6-4-3-5-7-12/h3-7,11,13H,8-10H2,1-2H3,(H,17,20)(H,18,19)/t13-/m0/s1. The number of halogens is 1. The van der Waals surface area contributed by atoms with E-state index in [0.29, 0.717) is 23.3 Å². The predicted octanol–water partition coefficient (Wildman–Crippen LogP) is 2.27. The molecule has 0 aliphatic heterocycles. The van der Waals surface area contributed by atoms with Gasteiger partial charge in [0.25, 0.3) is 0 Å². The van der Waals surface area contributed by atoms with Crippen LogP contribution in [0.5, 0.6) is 0 Å². The van der Waals surface area contributed by atoms with Crippen molar-refractivity contribution in [3.05, 3.63) is 35.9 Å². The molecule has 20 heavy (non-hydrogen) atoms. The maximum absolute atomic E-state index is 12.2. The topological polar surface area (TPSA) is 58.2 Å². The molecule has 2 amide bonds. The molecule has 4 nitrogen and oxygen atoms in total. The third-order valence-electron chi connectivity index (χ3n) is 2.79. The fraction of sp³-hybridized carbons (Fsp3) is 0.467. The maximum atomic E-state index is 12.2. The van der Waals surface area contributed by atoms with Crippen LogP contribution >= 0.6 is 22.6 Å². The van der Waals surface area contributed by atoms with Gasteiger partial charge < -0.3 is 10.6 Å². The Balaban J connectivity index is 2.56. The molecule has 2 N–H and O–H groups in total. The Morgan fingerprint density at radius 1 is 1.20 bits per heavy atom. The number of hydrogen-bond donors (Lipinski definition) is 2. The quantitative estimate of drug-likeness (QED) is 0.556. The molecular weight excluding hydrogens is 367 g/mol. The summed E-state index contributed by atoms with van der Waals surface area (Å²) in [6.45, 7) is 4.55. The molecular formula is C15H21IN2O2. The normalized spacial score (nSPS) is 12.0. The van der Waals surface area contributed by atoms with Gasteiger partial charge in [0.2, 0.25) is 11.8 Å². The second-order valence-corrected chi connectivity index (χ2v) is 5.85. The number of hydrogen-bond acceptors (Lipinski definition) is 2. The van der Waals surface area contributed by atoms with Crippen molar-refractivity contribution in [1.82, 2.24) is 10.6 Å². The fourth-order valence-electron chi connectivity index (χ4n) is 1.84. The molecule has 1 rings (SSSR count). The number of benzene rings is 1. The minimum absolute atomic E-state index is 0.105. The van der Waals surface area contributed by atoms with Crippen molar-refractivity contribution in [2.24, 2.45) is 5.92 Å². The zero-order valence-corrected chi connectivity index (χ0v) is 14.0. The van der Waals surface area contributed by atoms with Crippen LogP contribution < -0.4 is 10.6 Å². The van der Waals surface area contributed by atoms with Gasteiger partial charge in [-0.3, -0.25) is 9.59 Å². The summed E-state index contributed by atoms with van der Waals surface area (Å²) in [7, 11) is 0. The van der Waals surface area contributed by atoms with E-state index in [9.17, 15) is 9.59 Å². The van der Waals surface area contributed by atoms with Gasteiger partial charge in [-0.2, -0.15) is 0 Å². The lowest BCUT2D eigenvalue weighted by molar-refractivity contribution is -0.128. The Morgan fingerprint density at radius 2 is 1.85 bits per heavy atom. The fourth-order valence-corrected chi connectivity index (χ4v) is 2.06. The monoisotopic (exact) mass is 388 g/mol. The van der Waals surface area contributed by atoms with E-state index in [4.69, 9.17) is 0 Å². The van der Waals surface area contributed by atoms with Gasteiger partial charge in [0.05, 0.1) is 4.43 Å². The molecule has 0 aromatic heterocycles. The molecule has 0 unspecified atom stereocenters. The van der Waals surface area contributed by atoms with Crippen LogP contribution in [0.15, 0.2) is 30.3 Å². The Kier molecular flexibility index (Phi) is 7.58. The van der Waals surface area contributed by atoms with Crippen LogP contribution in [0.25, 0.3) is 0 Å². The van der Waals surface area contributed by atoms with Gasteiger partial charge in [-0.05, 0) is 17.9 Å². The first-order valence-electron chi connectivity index (χ1n) is 6.70. The van der Waals surface area contributed by atoms with Crippen molar-refractivity contribution >= 4 is 34.4 Å². The van der Waals surface area contributed by atoms with Gasteiger partial charge >= 0.3 is 0 Å². The van der Waals surface area contributed by atoms with E-state index in [1.807, 2.05) is 66.8 Å². The Labute approximate surface area is 133 Å². The summed E-state index contributed by atoms with van der Waals surface area (Å²) in [5.41, 5.74) is 1.05. The maximum Gasteiger partial charge on any atom is 0.242 e. The number of amides is 2. The number of nitrogens with one attached hydrogen (secondary N) is 2. The van der Waals surface area contributed by atoms with Gasteiger partial charge in [0.1, 0.15) is 6.04 Å². The zero-order valence-electron chi connectivity index (χ0n) is 11.9.